The van der Waals surface area contributed by atoms with E-state index in [0.717, 1.165) is 15.6 Å². The number of anilines is 2. The number of aryl methyl sites for hydroxylation is 1. The van der Waals surface area contributed by atoms with Crippen LogP contribution in [0.3, 0.4) is 0 Å². The zero-order valence-electron chi connectivity index (χ0n) is 12.6. The van der Waals surface area contributed by atoms with Gasteiger partial charge in [0.1, 0.15) is 5.69 Å². The summed E-state index contributed by atoms with van der Waals surface area (Å²) in [6.07, 6.45) is 1.71. The van der Waals surface area contributed by atoms with E-state index in [1.807, 2.05) is 30.3 Å². The van der Waals surface area contributed by atoms with Crippen molar-refractivity contribution in [2.24, 2.45) is 23.2 Å². The molecule has 122 valence electrons. The summed E-state index contributed by atoms with van der Waals surface area (Å²) < 4.78 is 1.67. The molecule has 0 radical (unpaired) electrons. The van der Waals surface area contributed by atoms with Gasteiger partial charge in [-0.2, -0.15) is 0 Å². The molecule has 0 saturated carbocycles. The lowest BCUT2D eigenvalue weighted by Crippen LogP contribution is -2.46. The largest absolute Gasteiger partial charge is 0.350 e. The van der Waals surface area contributed by atoms with Gasteiger partial charge in [-0.1, -0.05) is 30.3 Å². The molecule has 2 rings (SSSR count). The Balaban J connectivity index is 2.56. The van der Waals surface area contributed by atoms with Crippen LogP contribution in [0.2, 0.25) is 0 Å². The SMILES string of the molecule is Cc1cn(Cc2ccccc2)c(N(N)C(N)=O)c1N(N)C(N)=O. The third-order valence-corrected chi connectivity index (χ3v) is 3.35. The molecule has 0 atom stereocenters. The molecule has 2 aromatic rings. The first-order valence-corrected chi connectivity index (χ1v) is 6.75. The van der Waals surface area contributed by atoms with Gasteiger partial charge in [-0.15, -0.1) is 0 Å². The fourth-order valence-electron chi connectivity index (χ4n) is 2.33. The van der Waals surface area contributed by atoms with Gasteiger partial charge >= 0.3 is 12.1 Å². The molecule has 0 saturated heterocycles. The van der Waals surface area contributed by atoms with Gasteiger partial charge in [-0.05, 0) is 18.1 Å². The third kappa shape index (κ3) is 3.25. The average Bonchev–Trinajstić information content (AvgIpc) is 2.82. The molecular weight excluding hydrogens is 298 g/mol. The predicted molar refractivity (Wildman–Crippen MR) is 87.2 cm³/mol. The minimum Gasteiger partial charge on any atom is -0.350 e. The van der Waals surface area contributed by atoms with E-state index in [4.69, 9.17) is 23.2 Å². The molecule has 0 bridgehead atoms. The Morgan fingerprint density at radius 1 is 1.04 bits per heavy atom. The highest BCUT2D eigenvalue weighted by Crippen LogP contribution is 2.33. The van der Waals surface area contributed by atoms with Crippen LogP contribution in [0.1, 0.15) is 11.1 Å². The highest BCUT2D eigenvalue weighted by Gasteiger charge is 2.25. The minimum absolute atomic E-state index is 0.181. The van der Waals surface area contributed by atoms with E-state index in [-0.39, 0.29) is 11.5 Å². The van der Waals surface area contributed by atoms with Crippen molar-refractivity contribution in [2.75, 3.05) is 10.0 Å². The number of aromatic nitrogens is 1. The van der Waals surface area contributed by atoms with E-state index in [2.05, 4.69) is 0 Å². The monoisotopic (exact) mass is 317 g/mol. The van der Waals surface area contributed by atoms with E-state index in [1.54, 1.807) is 17.7 Å². The zero-order valence-corrected chi connectivity index (χ0v) is 12.6. The first-order chi connectivity index (χ1) is 10.8. The number of nitrogens with zero attached hydrogens (tertiary/aromatic N) is 3. The number of nitrogens with two attached hydrogens (primary N) is 4. The number of urea groups is 2. The summed E-state index contributed by atoms with van der Waals surface area (Å²) in [4.78, 5) is 22.9. The summed E-state index contributed by atoms with van der Waals surface area (Å²) in [5.41, 5.74) is 12.3. The van der Waals surface area contributed by atoms with Gasteiger partial charge in [0, 0.05) is 12.7 Å². The smallest absolute Gasteiger partial charge is 0.335 e. The fourth-order valence-corrected chi connectivity index (χ4v) is 2.33. The summed E-state index contributed by atoms with van der Waals surface area (Å²) in [5, 5.41) is 1.46. The number of carbonyl (C=O) groups is 2. The first kappa shape index (κ1) is 16.3. The highest BCUT2D eigenvalue weighted by atomic mass is 16.2. The normalized spacial score (nSPS) is 10.4. The lowest BCUT2D eigenvalue weighted by atomic mass is 10.2. The molecule has 0 spiro atoms. The van der Waals surface area contributed by atoms with Crippen LogP contribution in [0.5, 0.6) is 0 Å². The standard InChI is InChI=1S/C14H19N7O2/c1-9-7-19(8-10-5-3-2-4-6-10)12(21(18)14(16)23)11(9)20(17)13(15)22/h2-7H,8,17-18H2,1H3,(H2,15,22)(H2,16,23). The molecule has 8 N–H and O–H groups in total. The lowest BCUT2D eigenvalue weighted by Gasteiger charge is -2.22. The predicted octanol–water partition coefficient (Wildman–Crippen LogP) is 0.362. The molecule has 1 heterocycles. The van der Waals surface area contributed by atoms with Gasteiger partial charge in [0.2, 0.25) is 0 Å². The van der Waals surface area contributed by atoms with E-state index < -0.39 is 12.1 Å². The van der Waals surface area contributed by atoms with Crippen molar-refractivity contribution in [1.82, 2.24) is 4.57 Å². The molecular formula is C14H19N7O2. The molecule has 9 heteroatoms. The molecule has 4 amide bonds. The Hall–Kier alpha value is -3.04. The average molecular weight is 317 g/mol. The van der Waals surface area contributed by atoms with Crippen molar-refractivity contribution in [1.29, 1.82) is 0 Å². The molecule has 0 aliphatic carbocycles. The second-order valence-corrected chi connectivity index (χ2v) is 5.01. The van der Waals surface area contributed by atoms with Crippen LogP contribution in [-0.2, 0) is 6.54 Å². The van der Waals surface area contributed by atoms with Crippen LogP contribution in [0.4, 0.5) is 21.1 Å². The Morgan fingerprint density at radius 2 is 1.61 bits per heavy atom. The van der Waals surface area contributed by atoms with Gasteiger partial charge in [0.25, 0.3) is 0 Å². The third-order valence-electron chi connectivity index (χ3n) is 3.35. The molecule has 9 nitrogen and oxygen atoms in total. The zero-order chi connectivity index (χ0) is 17.1. The van der Waals surface area contributed by atoms with Crippen molar-refractivity contribution in [2.45, 2.75) is 13.5 Å². The maximum Gasteiger partial charge on any atom is 0.335 e. The summed E-state index contributed by atoms with van der Waals surface area (Å²) in [6, 6.07) is 7.72. The second kappa shape index (κ2) is 6.38. The highest BCUT2D eigenvalue weighted by molar-refractivity contribution is 5.99. The van der Waals surface area contributed by atoms with Crippen LogP contribution in [0, 0.1) is 6.92 Å². The van der Waals surface area contributed by atoms with E-state index in [0.29, 0.717) is 12.1 Å². The van der Waals surface area contributed by atoms with Crippen molar-refractivity contribution in [3.63, 3.8) is 0 Å². The van der Waals surface area contributed by atoms with Crippen molar-refractivity contribution >= 4 is 23.6 Å². The number of carbonyl (C=O) groups excluding carboxylic acids is 2. The van der Waals surface area contributed by atoms with Crippen LogP contribution >= 0.6 is 0 Å². The molecule has 1 aromatic carbocycles. The van der Waals surface area contributed by atoms with Crippen LogP contribution in [0.25, 0.3) is 0 Å². The van der Waals surface area contributed by atoms with Crippen LogP contribution in [0.15, 0.2) is 36.5 Å². The number of rotatable bonds is 4. The topological polar surface area (TPSA) is 150 Å². The van der Waals surface area contributed by atoms with Gasteiger partial charge in [0.05, 0.1) is 0 Å². The Labute approximate surface area is 133 Å². The van der Waals surface area contributed by atoms with Crippen molar-refractivity contribution in [3.8, 4) is 0 Å². The van der Waals surface area contributed by atoms with E-state index in [1.165, 1.54) is 0 Å². The van der Waals surface area contributed by atoms with Gasteiger partial charge < -0.3 is 16.0 Å². The second-order valence-electron chi connectivity index (χ2n) is 5.01. The summed E-state index contributed by atoms with van der Waals surface area (Å²) in [6.45, 7) is 2.13. The quantitative estimate of drug-likeness (QED) is 0.366. The Kier molecular flexibility index (Phi) is 4.53. The number of hydrazine groups is 2. The number of hydrogen-bond donors (Lipinski definition) is 4. The van der Waals surface area contributed by atoms with E-state index in [9.17, 15) is 9.59 Å². The van der Waals surface area contributed by atoms with Crippen LogP contribution in [-0.4, -0.2) is 16.6 Å². The van der Waals surface area contributed by atoms with E-state index >= 15 is 0 Å². The number of primary amides is 2. The number of hydrogen-bond acceptors (Lipinski definition) is 4. The molecule has 0 unspecified atom stereocenters. The molecule has 1 aromatic heterocycles. The maximum absolute atomic E-state index is 11.5. The summed E-state index contributed by atoms with van der Waals surface area (Å²) in [7, 11) is 0. The first-order valence-electron chi connectivity index (χ1n) is 6.75. The number of benzene rings is 1. The van der Waals surface area contributed by atoms with Crippen molar-refractivity contribution < 1.29 is 9.59 Å². The molecule has 0 aliphatic heterocycles. The minimum atomic E-state index is -0.892. The van der Waals surface area contributed by atoms with Gasteiger partial charge in [-0.3, -0.25) is 0 Å². The Bertz CT molecular complexity index is 726. The lowest BCUT2D eigenvalue weighted by molar-refractivity contribution is 0.252. The van der Waals surface area contributed by atoms with Crippen molar-refractivity contribution in [3.05, 3.63) is 47.7 Å². The van der Waals surface area contributed by atoms with Gasteiger partial charge in [-0.25, -0.2) is 31.3 Å². The fraction of sp³-hybridized carbons (Fsp3) is 0.143. The summed E-state index contributed by atoms with van der Waals surface area (Å²) in [5.74, 6) is 11.6. The molecule has 0 aliphatic rings. The molecule has 0 fully saturated rings. The number of amides is 4. The summed E-state index contributed by atoms with van der Waals surface area (Å²) >= 11 is 0. The van der Waals surface area contributed by atoms with Gasteiger partial charge in [0.15, 0.2) is 5.82 Å². The Morgan fingerprint density at radius 3 is 2.13 bits per heavy atom. The molecule has 23 heavy (non-hydrogen) atoms. The van der Waals surface area contributed by atoms with Crippen LogP contribution < -0.4 is 33.2 Å². The maximum atomic E-state index is 11.5.